The maximum absolute atomic E-state index is 12.6. The first-order chi connectivity index (χ1) is 11.4. The molecule has 0 saturated carbocycles. The molecule has 0 aliphatic carbocycles. The topological polar surface area (TPSA) is 57.7 Å². The third kappa shape index (κ3) is 4.54. The van der Waals surface area contributed by atoms with Gasteiger partial charge in [0.25, 0.3) is 0 Å². The lowest BCUT2D eigenvalue weighted by Crippen LogP contribution is -2.42. The fourth-order valence-corrected chi connectivity index (χ4v) is 3.45. The first-order valence-electron chi connectivity index (χ1n) is 8.01. The van der Waals surface area contributed by atoms with Gasteiger partial charge in [-0.2, -0.15) is 0 Å². The first kappa shape index (κ1) is 18.4. The number of hydrogen-bond acceptors (Lipinski definition) is 3. The minimum absolute atomic E-state index is 0.0358. The lowest BCUT2D eigenvalue weighted by atomic mass is 9.95. The van der Waals surface area contributed by atoms with E-state index in [9.17, 15) is 13.8 Å². The molecule has 2 amide bonds. The summed E-state index contributed by atoms with van der Waals surface area (Å²) in [6.45, 7) is 5.23. The largest absolute Gasteiger partial charge is 0.341 e. The average molecular weight is 348 g/mol. The zero-order chi connectivity index (χ0) is 17.7. The van der Waals surface area contributed by atoms with Gasteiger partial charge in [-0.05, 0) is 36.6 Å². The standard InChI is InChI=1S/C18H24N2O3S/c1-4-17(21)20-11-9-15(10-12-20)18(22)19(2)13-14-5-7-16(8-6-14)24(3)23/h4-8,15H,1,9-13H2,2-3H3. The molecule has 1 atom stereocenters. The SMILES string of the molecule is C=CC(=O)N1CCC(C(=O)N(C)Cc2ccc(S(C)=O)cc2)CC1. The van der Waals surface area contributed by atoms with Crippen molar-refractivity contribution in [2.24, 2.45) is 5.92 Å². The molecule has 1 unspecified atom stereocenters. The highest BCUT2D eigenvalue weighted by atomic mass is 32.2. The molecule has 1 aliphatic rings. The monoisotopic (exact) mass is 348 g/mol. The third-order valence-electron chi connectivity index (χ3n) is 4.38. The van der Waals surface area contributed by atoms with Crippen molar-refractivity contribution < 1.29 is 13.8 Å². The van der Waals surface area contributed by atoms with Gasteiger partial charge in [0.05, 0.1) is 0 Å². The summed E-state index contributed by atoms with van der Waals surface area (Å²) in [6.07, 6.45) is 4.35. The van der Waals surface area contributed by atoms with E-state index in [1.807, 2.05) is 24.3 Å². The van der Waals surface area contributed by atoms with E-state index in [0.29, 0.717) is 32.5 Å². The number of amides is 2. The molecule has 2 rings (SSSR count). The highest BCUT2D eigenvalue weighted by molar-refractivity contribution is 7.84. The van der Waals surface area contributed by atoms with Crippen molar-refractivity contribution in [3.63, 3.8) is 0 Å². The second-order valence-corrected chi connectivity index (χ2v) is 7.48. The fraction of sp³-hybridized carbons (Fsp3) is 0.444. The zero-order valence-electron chi connectivity index (χ0n) is 14.2. The van der Waals surface area contributed by atoms with Crippen LogP contribution in [0.3, 0.4) is 0 Å². The number of benzene rings is 1. The molecular weight excluding hydrogens is 324 g/mol. The van der Waals surface area contributed by atoms with E-state index in [1.165, 1.54) is 6.08 Å². The van der Waals surface area contributed by atoms with Crippen LogP contribution in [0, 0.1) is 5.92 Å². The molecule has 0 bridgehead atoms. The van der Waals surface area contributed by atoms with Crippen molar-refractivity contribution in [2.45, 2.75) is 24.3 Å². The molecule has 1 aliphatic heterocycles. The summed E-state index contributed by atoms with van der Waals surface area (Å²) in [6, 6.07) is 7.49. The van der Waals surface area contributed by atoms with Crippen LogP contribution in [0.5, 0.6) is 0 Å². The van der Waals surface area contributed by atoms with Crippen molar-refractivity contribution >= 4 is 22.6 Å². The van der Waals surface area contributed by atoms with E-state index < -0.39 is 10.8 Å². The Labute approximate surface area is 145 Å². The number of rotatable bonds is 5. The van der Waals surface area contributed by atoms with E-state index in [2.05, 4.69) is 6.58 Å². The van der Waals surface area contributed by atoms with Gasteiger partial charge in [-0.25, -0.2) is 0 Å². The summed E-state index contributed by atoms with van der Waals surface area (Å²) >= 11 is 0. The molecule has 1 fully saturated rings. The lowest BCUT2D eigenvalue weighted by molar-refractivity contribution is -0.138. The Hall–Kier alpha value is -1.95. The summed E-state index contributed by atoms with van der Waals surface area (Å²) in [5.74, 6) is 0.0118. The molecule has 0 spiro atoms. The van der Waals surface area contributed by atoms with Gasteiger partial charge in [-0.3, -0.25) is 13.8 Å². The molecule has 1 heterocycles. The Bertz CT molecular complexity index is 634. The number of hydrogen-bond donors (Lipinski definition) is 0. The molecule has 1 aromatic rings. The molecule has 24 heavy (non-hydrogen) atoms. The normalized spacial score (nSPS) is 16.5. The van der Waals surface area contributed by atoms with E-state index >= 15 is 0 Å². The predicted octanol–water partition coefficient (Wildman–Crippen LogP) is 1.81. The minimum atomic E-state index is -0.991. The number of piperidine rings is 1. The van der Waals surface area contributed by atoms with Crippen LogP contribution in [0.15, 0.2) is 41.8 Å². The summed E-state index contributed by atoms with van der Waals surface area (Å²) in [5, 5.41) is 0. The summed E-state index contributed by atoms with van der Waals surface area (Å²) in [5.41, 5.74) is 1.01. The van der Waals surface area contributed by atoms with Gasteiger partial charge in [-0.1, -0.05) is 18.7 Å². The van der Waals surface area contributed by atoms with Gasteiger partial charge < -0.3 is 9.80 Å². The van der Waals surface area contributed by atoms with Gasteiger partial charge in [0.1, 0.15) is 0 Å². The van der Waals surface area contributed by atoms with Crippen LogP contribution >= 0.6 is 0 Å². The fourth-order valence-electron chi connectivity index (χ4n) is 2.93. The van der Waals surface area contributed by atoms with Gasteiger partial charge >= 0.3 is 0 Å². The van der Waals surface area contributed by atoms with E-state index in [-0.39, 0.29) is 17.7 Å². The zero-order valence-corrected chi connectivity index (χ0v) is 15.1. The van der Waals surface area contributed by atoms with Gasteiger partial charge in [0.15, 0.2) is 0 Å². The first-order valence-corrected chi connectivity index (χ1v) is 9.57. The van der Waals surface area contributed by atoms with Gasteiger partial charge in [0.2, 0.25) is 11.8 Å². The molecule has 0 radical (unpaired) electrons. The highest BCUT2D eigenvalue weighted by Gasteiger charge is 2.28. The molecule has 1 aromatic carbocycles. The highest BCUT2D eigenvalue weighted by Crippen LogP contribution is 2.20. The number of likely N-dealkylation sites (tertiary alicyclic amines) is 1. The minimum Gasteiger partial charge on any atom is -0.341 e. The molecule has 130 valence electrons. The van der Waals surface area contributed by atoms with Crippen molar-refractivity contribution in [3.05, 3.63) is 42.5 Å². The predicted molar refractivity (Wildman–Crippen MR) is 94.7 cm³/mol. The van der Waals surface area contributed by atoms with Gasteiger partial charge in [0, 0.05) is 54.6 Å². The Balaban J connectivity index is 1.89. The van der Waals surface area contributed by atoms with Crippen LogP contribution in [0.4, 0.5) is 0 Å². The second kappa shape index (κ2) is 8.24. The Kier molecular flexibility index (Phi) is 6.31. The van der Waals surface area contributed by atoms with Crippen LogP contribution in [-0.4, -0.2) is 52.2 Å². The van der Waals surface area contributed by atoms with Gasteiger partial charge in [-0.15, -0.1) is 0 Å². The van der Waals surface area contributed by atoms with E-state index in [0.717, 1.165) is 10.5 Å². The van der Waals surface area contributed by atoms with Crippen LogP contribution in [0.1, 0.15) is 18.4 Å². The third-order valence-corrected chi connectivity index (χ3v) is 5.32. The van der Waals surface area contributed by atoms with Crippen molar-refractivity contribution in [1.82, 2.24) is 9.80 Å². The van der Waals surface area contributed by atoms with Crippen LogP contribution < -0.4 is 0 Å². The van der Waals surface area contributed by atoms with Crippen LogP contribution in [0.25, 0.3) is 0 Å². The van der Waals surface area contributed by atoms with Crippen molar-refractivity contribution in [1.29, 1.82) is 0 Å². The van der Waals surface area contributed by atoms with Crippen molar-refractivity contribution in [3.8, 4) is 0 Å². The molecule has 1 saturated heterocycles. The van der Waals surface area contributed by atoms with Crippen molar-refractivity contribution in [2.75, 3.05) is 26.4 Å². The Morgan fingerprint density at radius 3 is 2.38 bits per heavy atom. The molecule has 6 heteroatoms. The van der Waals surface area contributed by atoms with E-state index in [4.69, 9.17) is 0 Å². The summed E-state index contributed by atoms with van der Waals surface area (Å²) in [4.78, 5) is 28.4. The Morgan fingerprint density at radius 2 is 1.88 bits per heavy atom. The quantitative estimate of drug-likeness (QED) is 0.763. The maximum Gasteiger partial charge on any atom is 0.245 e. The van der Waals surface area contributed by atoms with Crippen LogP contribution in [-0.2, 0) is 26.9 Å². The Morgan fingerprint density at radius 1 is 1.29 bits per heavy atom. The second-order valence-electron chi connectivity index (χ2n) is 6.10. The maximum atomic E-state index is 12.6. The molecule has 0 N–H and O–H groups in total. The summed E-state index contributed by atoms with van der Waals surface area (Å²) < 4.78 is 11.4. The lowest BCUT2D eigenvalue weighted by Gasteiger charge is -2.32. The van der Waals surface area contributed by atoms with Crippen LogP contribution in [0.2, 0.25) is 0 Å². The van der Waals surface area contributed by atoms with E-state index in [1.54, 1.807) is 23.1 Å². The molecule has 5 nitrogen and oxygen atoms in total. The average Bonchev–Trinajstić information content (AvgIpc) is 2.61. The number of nitrogens with zero attached hydrogens (tertiary/aromatic N) is 2. The molecule has 0 aromatic heterocycles. The molecular formula is C18H24N2O3S. The smallest absolute Gasteiger partial charge is 0.245 e. The number of carbonyl (C=O) groups is 2. The summed E-state index contributed by atoms with van der Waals surface area (Å²) in [7, 11) is 0.811. The number of carbonyl (C=O) groups excluding carboxylic acids is 2.